The number of hydrogen-bond donors (Lipinski definition) is 2. The van der Waals surface area contributed by atoms with Crippen LogP contribution in [0, 0.1) is 0 Å². The van der Waals surface area contributed by atoms with E-state index in [1.165, 1.54) is 12.1 Å². The maximum atomic E-state index is 12.6. The predicted octanol–water partition coefficient (Wildman–Crippen LogP) is 1.95. The van der Waals surface area contributed by atoms with E-state index in [2.05, 4.69) is 5.32 Å². The molecule has 1 aliphatic rings. The minimum absolute atomic E-state index is 0.00404. The second-order valence-corrected chi connectivity index (χ2v) is 8.07. The van der Waals surface area contributed by atoms with Gasteiger partial charge in [-0.1, -0.05) is 18.2 Å². The zero-order valence-corrected chi connectivity index (χ0v) is 15.7. The number of carbonyl (C=O) groups excluding carboxylic acids is 2. The van der Waals surface area contributed by atoms with Crippen molar-refractivity contribution in [3.8, 4) is 0 Å². The Morgan fingerprint density at radius 3 is 2.59 bits per heavy atom. The number of hydrogen-bond acceptors (Lipinski definition) is 4. The number of rotatable bonds is 5. The predicted molar refractivity (Wildman–Crippen MR) is 102 cm³/mol. The quantitative estimate of drug-likeness (QED) is 0.817. The van der Waals surface area contributed by atoms with E-state index in [1.54, 1.807) is 48.2 Å². The van der Waals surface area contributed by atoms with Crippen molar-refractivity contribution in [3.63, 3.8) is 0 Å². The Labute approximate surface area is 158 Å². The first-order chi connectivity index (χ1) is 12.8. The van der Waals surface area contributed by atoms with E-state index in [0.717, 1.165) is 6.42 Å². The first-order valence-electron chi connectivity index (χ1n) is 8.60. The highest BCUT2D eigenvalue weighted by Gasteiger charge is 2.22. The molecule has 8 heteroatoms. The van der Waals surface area contributed by atoms with Crippen molar-refractivity contribution in [2.45, 2.75) is 30.7 Å². The lowest BCUT2D eigenvalue weighted by Crippen LogP contribution is -2.28. The van der Waals surface area contributed by atoms with Gasteiger partial charge in [-0.05, 0) is 49.2 Å². The molecule has 0 saturated carbocycles. The minimum atomic E-state index is -3.81. The Balaban J connectivity index is 1.76. The molecule has 0 spiro atoms. The average Bonchev–Trinajstić information content (AvgIpc) is 3.07. The molecule has 0 radical (unpaired) electrons. The maximum Gasteiger partial charge on any atom is 0.251 e. The normalized spacial score (nSPS) is 15.6. The van der Waals surface area contributed by atoms with Gasteiger partial charge in [-0.3, -0.25) is 9.59 Å². The Hall–Kier alpha value is -2.71. The van der Waals surface area contributed by atoms with Crippen LogP contribution in [0.5, 0.6) is 0 Å². The summed E-state index contributed by atoms with van der Waals surface area (Å²) in [6.45, 7) is 2.41. The van der Waals surface area contributed by atoms with Crippen LogP contribution in [-0.4, -0.2) is 26.8 Å². The molecular weight excluding hydrogens is 366 g/mol. The summed E-state index contributed by atoms with van der Waals surface area (Å²) in [5.41, 5.74) is 1.76. The summed E-state index contributed by atoms with van der Waals surface area (Å²) in [5.74, 6) is -0.252. The van der Waals surface area contributed by atoms with Gasteiger partial charge in [0.25, 0.3) is 5.91 Å². The summed E-state index contributed by atoms with van der Waals surface area (Å²) in [7, 11) is -3.81. The third kappa shape index (κ3) is 4.35. The largest absolute Gasteiger partial charge is 0.346 e. The van der Waals surface area contributed by atoms with Crippen LogP contribution in [0.1, 0.15) is 41.7 Å². The van der Waals surface area contributed by atoms with E-state index in [-0.39, 0.29) is 16.7 Å². The van der Waals surface area contributed by atoms with Gasteiger partial charge in [0.1, 0.15) is 0 Å². The standard InChI is InChI=1S/C19H21N3O4S/c1-13(14-5-3-8-17(12-14)27(20,25)26)21-19(24)15-6-2-7-16(11-15)22-10-4-9-18(22)23/h2-3,5-8,11-13H,4,9-10H2,1H3,(H,21,24)(H2,20,25,26). The fraction of sp³-hybridized carbons (Fsp3) is 0.263. The fourth-order valence-corrected chi connectivity index (χ4v) is 3.63. The van der Waals surface area contributed by atoms with Gasteiger partial charge in [-0.15, -0.1) is 0 Å². The number of nitrogens with zero attached hydrogens (tertiary/aromatic N) is 1. The smallest absolute Gasteiger partial charge is 0.251 e. The summed E-state index contributed by atoms with van der Waals surface area (Å²) < 4.78 is 23.0. The van der Waals surface area contributed by atoms with Crippen molar-refractivity contribution in [1.29, 1.82) is 0 Å². The Morgan fingerprint density at radius 2 is 1.93 bits per heavy atom. The molecule has 1 unspecified atom stereocenters. The second-order valence-electron chi connectivity index (χ2n) is 6.51. The molecule has 1 fully saturated rings. The lowest BCUT2D eigenvalue weighted by atomic mass is 10.1. The van der Waals surface area contributed by atoms with Crippen molar-refractivity contribution < 1.29 is 18.0 Å². The van der Waals surface area contributed by atoms with Crippen LogP contribution >= 0.6 is 0 Å². The Kier molecular flexibility index (Phi) is 5.29. The van der Waals surface area contributed by atoms with Crippen LogP contribution < -0.4 is 15.4 Å². The lowest BCUT2D eigenvalue weighted by molar-refractivity contribution is -0.117. The van der Waals surface area contributed by atoms with Gasteiger partial charge in [0.05, 0.1) is 10.9 Å². The summed E-state index contributed by atoms with van der Waals surface area (Å²) >= 11 is 0. The molecular formula is C19H21N3O4S. The lowest BCUT2D eigenvalue weighted by Gasteiger charge is -2.18. The number of sulfonamides is 1. The van der Waals surface area contributed by atoms with Crippen LogP contribution in [0.15, 0.2) is 53.4 Å². The molecule has 1 saturated heterocycles. The summed E-state index contributed by atoms with van der Waals surface area (Å²) in [5, 5.41) is 8.00. The second kappa shape index (κ2) is 7.50. The molecule has 0 aliphatic carbocycles. The number of nitrogens with two attached hydrogens (primary N) is 1. The molecule has 0 aromatic heterocycles. The molecule has 0 bridgehead atoms. The summed E-state index contributed by atoms with van der Waals surface area (Å²) in [6.07, 6.45) is 1.33. The number of amides is 2. The molecule has 1 aliphatic heterocycles. The van der Waals surface area contributed by atoms with Crippen molar-refractivity contribution in [1.82, 2.24) is 5.32 Å². The Morgan fingerprint density at radius 1 is 1.19 bits per heavy atom. The molecule has 3 rings (SSSR count). The monoisotopic (exact) mass is 387 g/mol. The first kappa shape index (κ1) is 19.1. The van der Waals surface area contributed by atoms with Gasteiger partial charge in [0, 0.05) is 24.2 Å². The van der Waals surface area contributed by atoms with Crippen LogP contribution in [0.2, 0.25) is 0 Å². The Bertz CT molecular complexity index is 988. The van der Waals surface area contributed by atoms with Crippen LogP contribution in [0.25, 0.3) is 0 Å². The number of benzene rings is 2. The highest BCUT2D eigenvalue weighted by atomic mass is 32.2. The molecule has 27 heavy (non-hydrogen) atoms. The zero-order chi connectivity index (χ0) is 19.6. The van der Waals surface area contributed by atoms with E-state index in [4.69, 9.17) is 5.14 Å². The minimum Gasteiger partial charge on any atom is -0.346 e. The molecule has 2 aromatic rings. The van der Waals surface area contributed by atoms with E-state index in [0.29, 0.717) is 29.8 Å². The molecule has 1 atom stereocenters. The van der Waals surface area contributed by atoms with Gasteiger partial charge in [0.15, 0.2) is 0 Å². The topological polar surface area (TPSA) is 110 Å². The molecule has 3 N–H and O–H groups in total. The van der Waals surface area contributed by atoms with E-state index in [1.807, 2.05) is 0 Å². The van der Waals surface area contributed by atoms with E-state index >= 15 is 0 Å². The van der Waals surface area contributed by atoms with Crippen molar-refractivity contribution in [2.24, 2.45) is 5.14 Å². The van der Waals surface area contributed by atoms with Crippen LogP contribution in [0.4, 0.5) is 5.69 Å². The van der Waals surface area contributed by atoms with Crippen molar-refractivity contribution in [2.75, 3.05) is 11.4 Å². The van der Waals surface area contributed by atoms with E-state index < -0.39 is 16.1 Å². The SMILES string of the molecule is CC(NC(=O)c1cccc(N2CCCC2=O)c1)c1cccc(S(N)(=O)=O)c1. The molecule has 2 aromatic carbocycles. The van der Waals surface area contributed by atoms with Gasteiger partial charge in [0.2, 0.25) is 15.9 Å². The van der Waals surface area contributed by atoms with Crippen LogP contribution in [-0.2, 0) is 14.8 Å². The molecule has 7 nitrogen and oxygen atoms in total. The molecule has 142 valence electrons. The van der Waals surface area contributed by atoms with Crippen molar-refractivity contribution in [3.05, 3.63) is 59.7 Å². The van der Waals surface area contributed by atoms with Gasteiger partial charge >= 0.3 is 0 Å². The number of carbonyl (C=O) groups is 2. The highest BCUT2D eigenvalue weighted by Crippen LogP contribution is 2.23. The number of anilines is 1. The average molecular weight is 387 g/mol. The number of nitrogens with one attached hydrogen (secondary N) is 1. The third-order valence-electron chi connectivity index (χ3n) is 4.53. The van der Waals surface area contributed by atoms with E-state index in [9.17, 15) is 18.0 Å². The van der Waals surface area contributed by atoms with Gasteiger partial charge < -0.3 is 10.2 Å². The fourth-order valence-electron chi connectivity index (χ4n) is 3.06. The number of primary sulfonamides is 1. The summed E-state index contributed by atoms with van der Waals surface area (Å²) in [6, 6.07) is 12.6. The van der Waals surface area contributed by atoms with Crippen LogP contribution in [0.3, 0.4) is 0 Å². The highest BCUT2D eigenvalue weighted by molar-refractivity contribution is 7.89. The van der Waals surface area contributed by atoms with Crippen molar-refractivity contribution >= 4 is 27.5 Å². The first-order valence-corrected chi connectivity index (χ1v) is 10.1. The summed E-state index contributed by atoms with van der Waals surface area (Å²) in [4.78, 5) is 26.2. The molecule has 1 heterocycles. The van der Waals surface area contributed by atoms with Gasteiger partial charge in [-0.2, -0.15) is 0 Å². The maximum absolute atomic E-state index is 12.6. The zero-order valence-electron chi connectivity index (χ0n) is 14.9. The third-order valence-corrected chi connectivity index (χ3v) is 5.44. The van der Waals surface area contributed by atoms with Gasteiger partial charge in [-0.25, -0.2) is 13.6 Å². The molecule has 2 amide bonds.